The summed E-state index contributed by atoms with van der Waals surface area (Å²) >= 11 is 0. The molecular formula is C17H24FNO3. The number of aliphatic hydroxyl groups excluding tert-OH is 1. The van der Waals surface area contributed by atoms with E-state index in [0.29, 0.717) is 25.1 Å². The van der Waals surface area contributed by atoms with E-state index in [9.17, 15) is 14.3 Å². The smallest absolute Gasteiger partial charge is 0.261 e. The van der Waals surface area contributed by atoms with Crippen molar-refractivity contribution in [3.05, 3.63) is 29.6 Å². The van der Waals surface area contributed by atoms with E-state index in [0.717, 1.165) is 18.4 Å². The van der Waals surface area contributed by atoms with Gasteiger partial charge >= 0.3 is 0 Å². The minimum absolute atomic E-state index is 0.0814. The van der Waals surface area contributed by atoms with Gasteiger partial charge in [0.25, 0.3) is 5.91 Å². The monoisotopic (exact) mass is 309 g/mol. The highest BCUT2D eigenvalue weighted by Crippen LogP contribution is 2.31. The lowest BCUT2D eigenvalue weighted by atomic mass is 9.79. The van der Waals surface area contributed by atoms with Gasteiger partial charge in [-0.1, -0.05) is 13.8 Å². The van der Waals surface area contributed by atoms with Gasteiger partial charge in [-0.05, 0) is 42.9 Å². The molecule has 1 aliphatic heterocycles. The molecule has 1 amide bonds. The molecular weight excluding hydrogens is 285 g/mol. The molecule has 0 saturated carbocycles. The maximum Gasteiger partial charge on any atom is 0.261 e. The first-order valence-electron chi connectivity index (χ1n) is 7.87. The van der Waals surface area contributed by atoms with Crippen LogP contribution in [-0.2, 0) is 11.2 Å². The summed E-state index contributed by atoms with van der Waals surface area (Å²) in [5, 5.41) is 12.1. The van der Waals surface area contributed by atoms with Gasteiger partial charge in [-0.2, -0.15) is 0 Å². The molecule has 2 rings (SSSR count). The van der Waals surface area contributed by atoms with Gasteiger partial charge < -0.3 is 15.2 Å². The van der Waals surface area contributed by atoms with Crippen LogP contribution in [0.15, 0.2) is 18.2 Å². The number of ether oxygens (including phenoxy) is 1. The van der Waals surface area contributed by atoms with Gasteiger partial charge in [-0.15, -0.1) is 0 Å². The molecule has 1 aromatic carbocycles. The second-order valence-electron chi connectivity index (χ2n) is 5.96. The van der Waals surface area contributed by atoms with Crippen LogP contribution in [0.25, 0.3) is 0 Å². The van der Waals surface area contributed by atoms with Gasteiger partial charge in [0.05, 0.1) is 0 Å². The van der Waals surface area contributed by atoms with Crippen LogP contribution in [0.1, 0.15) is 38.7 Å². The van der Waals surface area contributed by atoms with Crippen LogP contribution in [0.5, 0.6) is 5.75 Å². The number of carbonyl (C=O) groups excluding carboxylic acids is 1. The molecule has 122 valence electrons. The topological polar surface area (TPSA) is 58.6 Å². The molecule has 0 fully saturated rings. The van der Waals surface area contributed by atoms with Gasteiger partial charge in [0.1, 0.15) is 11.6 Å². The first-order chi connectivity index (χ1) is 10.5. The van der Waals surface area contributed by atoms with E-state index in [1.165, 1.54) is 12.1 Å². The number of amides is 1. The van der Waals surface area contributed by atoms with E-state index in [1.807, 2.05) is 0 Å². The third-order valence-corrected chi connectivity index (χ3v) is 4.77. The molecule has 2 N–H and O–H groups in total. The molecule has 0 radical (unpaired) electrons. The number of benzene rings is 1. The van der Waals surface area contributed by atoms with Crippen molar-refractivity contribution in [2.75, 3.05) is 13.2 Å². The number of aliphatic hydroxyl groups is 1. The van der Waals surface area contributed by atoms with E-state index in [1.54, 1.807) is 6.07 Å². The molecule has 0 bridgehead atoms. The van der Waals surface area contributed by atoms with Crippen molar-refractivity contribution in [1.82, 2.24) is 5.32 Å². The van der Waals surface area contributed by atoms with Crippen LogP contribution in [0.4, 0.5) is 4.39 Å². The van der Waals surface area contributed by atoms with Gasteiger partial charge in [-0.25, -0.2) is 4.39 Å². The molecule has 4 nitrogen and oxygen atoms in total. The van der Waals surface area contributed by atoms with E-state index in [2.05, 4.69) is 19.2 Å². The number of hydrogen-bond acceptors (Lipinski definition) is 3. The standard InChI is InChI=1S/C17H24FNO3/c1-3-17(4-2,7-8-20)11-19-16(21)15-10-12-9-13(18)5-6-14(12)22-15/h5-6,9,15,20H,3-4,7-8,10-11H2,1-2H3,(H,19,21). The number of fused-ring (bicyclic) bond motifs is 1. The zero-order valence-electron chi connectivity index (χ0n) is 13.2. The predicted molar refractivity (Wildman–Crippen MR) is 82.2 cm³/mol. The number of carbonyl (C=O) groups is 1. The summed E-state index contributed by atoms with van der Waals surface area (Å²) in [5.74, 6) is 0.0808. The van der Waals surface area contributed by atoms with Crippen molar-refractivity contribution in [2.24, 2.45) is 5.41 Å². The van der Waals surface area contributed by atoms with Crippen LogP contribution in [-0.4, -0.2) is 30.3 Å². The minimum Gasteiger partial charge on any atom is -0.480 e. The number of hydrogen-bond donors (Lipinski definition) is 2. The Bertz CT molecular complexity index is 529. The number of halogens is 1. The average Bonchev–Trinajstić information content (AvgIpc) is 2.94. The van der Waals surface area contributed by atoms with E-state index in [-0.39, 0.29) is 23.7 Å². The quantitative estimate of drug-likeness (QED) is 0.813. The molecule has 1 atom stereocenters. The van der Waals surface area contributed by atoms with Crippen molar-refractivity contribution in [1.29, 1.82) is 0 Å². The molecule has 0 spiro atoms. The highest BCUT2D eigenvalue weighted by Gasteiger charge is 2.32. The minimum atomic E-state index is -0.600. The fraction of sp³-hybridized carbons (Fsp3) is 0.588. The lowest BCUT2D eigenvalue weighted by molar-refractivity contribution is -0.127. The molecule has 22 heavy (non-hydrogen) atoms. The third kappa shape index (κ3) is 3.58. The van der Waals surface area contributed by atoms with Crippen molar-refractivity contribution in [2.45, 2.75) is 45.6 Å². The average molecular weight is 309 g/mol. The van der Waals surface area contributed by atoms with Gasteiger partial charge in [0.15, 0.2) is 6.10 Å². The normalized spacial score (nSPS) is 17.0. The summed E-state index contributed by atoms with van der Waals surface area (Å²) in [7, 11) is 0. The molecule has 0 saturated heterocycles. The van der Waals surface area contributed by atoms with Crippen molar-refractivity contribution < 1.29 is 19.0 Å². The zero-order chi connectivity index (χ0) is 16.2. The van der Waals surface area contributed by atoms with Crippen LogP contribution in [0, 0.1) is 11.2 Å². The first kappa shape index (κ1) is 16.7. The zero-order valence-corrected chi connectivity index (χ0v) is 13.2. The SMILES string of the molecule is CCC(CC)(CCO)CNC(=O)C1Cc2cc(F)ccc2O1. The van der Waals surface area contributed by atoms with Crippen molar-refractivity contribution >= 4 is 5.91 Å². The van der Waals surface area contributed by atoms with Gasteiger partial charge in [-0.3, -0.25) is 4.79 Å². The third-order valence-electron chi connectivity index (χ3n) is 4.77. The Hall–Kier alpha value is -1.62. The predicted octanol–water partition coefficient (Wildman–Crippen LogP) is 2.43. The van der Waals surface area contributed by atoms with Crippen molar-refractivity contribution in [3.8, 4) is 5.75 Å². The van der Waals surface area contributed by atoms with Gasteiger partial charge in [0, 0.05) is 25.1 Å². The van der Waals surface area contributed by atoms with Crippen LogP contribution in [0.2, 0.25) is 0 Å². The first-order valence-corrected chi connectivity index (χ1v) is 7.87. The summed E-state index contributed by atoms with van der Waals surface area (Å²) in [4.78, 5) is 12.3. The highest BCUT2D eigenvalue weighted by atomic mass is 19.1. The fourth-order valence-electron chi connectivity index (χ4n) is 2.93. The second-order valence-corrected chi connectivity index (χ2v) is 5.96. The molecule has 1 aromatic rings. The van der Waals surface area contributed by atoms with Crippen molar-refractivity contribution in [3.63, 3.8) is 0 Å². The Balaban J connectivity index is 1.94. The summed E-state index contributed by atoms with van der Waals surface area (Å²) < 4.78 is 18.8. The number of rotatable bonds is 7. The van der Waals surface area contributed by atoms with Crippen LogP contribution in [0.3, 0.4) is 0 Å². The highest BCUT2D eigenvalue weighted by molar-refractivity contribution is 5.82. The molecule has 1 heterocycles. The largest absolute Gasteiger partial charge is 0.480 e. The van der Waals surface area contributed by atoms with E-state index < -0.39 is 6.10 Å². The van der Waals surface area contributed by atoms with Gasteiger partial charge in [0.2, 0.25) is 0 Å². The Kier molecular flexibility index (Phi) is 5.40. The maximum absolute atomic E-state index is 13.2. The summed E-state index contributed by atoms with van der Waals surface area (Å²) in [6.45, 7) is 4.76. The lowest BCUT2D eigenvalue weighted by Gasteiger charge is -2.31. The summed E-state index contributed by atoms with van der Waals surface area (Å²) in [5.41, 5.74) is 0.648. The number of nitrogens with one attached hydrogen (secondary N) is 1. The summed E-state index contributed by atoms with van der Waals surface area (Å²) in [6, 6.07) is 4.31. The molecule has 0 aliphatic carbocycles. The Morgan fingerprint density at radius 1 is 1.45 bits per heavy atom. The maximum atomic E-state index is 13.2. The molecule has 5 heteroatoms. The van der Waals surface area contributed by atoms with Crippen LogP contribution < -0.4 is 10.1 Å². The lowest BCUT2D eigenvalue weighted by Crippen LogP contribution is -2.43. The Morgan fingerprint density at radius 2 is 2.18 bits per heavy atom. The fourth-order valence-corrected chi connectivity index (χ4v) is 2.93. The Morgan fingerprint density at radius 3 is 2.82 bits per heavy atom. The molecule has 1 aliphatic rings. The van der Waals surface area contributed by atoms with E-state index in [4.69, 9.17) is 4.74 Å². The van der Waals surface area contributed by atoms with Crippen LogP contribution >= 0.6 is 0 Å². The summed E-state index contributed by atoms with van der Waals surface area (Å²) in [6.07, 6.45) is 2.24. The second kappa shape index (κ2) is 7.09. The molecule has 1 unspecified atom stereocenters. The molecule has 0 aromatic heterocycles. The van der Waals surface area contributed by atoms with E-state index >= 15 is 0 Å². The Labute approximate surface area is 130 Å².